The van der Waals surface area contributed by atoms with Crippen LogP contribution in [0.5, 0.6) is 0 Å². The van der Waals surface area contributed by atoms with Gasteiger partial charge in [0, 0.05) is 30.5 Å². The summed E-state index contributed by atoms with van der Waals surface area (Å²) in [7, 11) is 1.30. The van der Waals surface area contributed by atoms with Crippen LogP contribution in [-0.2, 0) is 19.2 Å². The Hall–Kier alpha value is -3.68. The summed E-state index contributed by atoms with van der Waals surface area (Å²) in [6.07, 6.45) is -0.824. The van der Waals surface area contributed by atoms with E-state index in [0.29, 0.717) is 0 Å². The molecule has 1 aromatic rings. The molecule has 32 heavy (non-hydrogen) atoms. The lowest BCUT2D eigenvalue weighted by atomic mass is 10.1. The SMILES string of the molecule is CN(CC(=O)N[C@@H](CC(=O)O)C(=O)O)C(=O)[C@@H]1CSCN1C(=O)c1ccc([N+](=O)[O-])cc1. The number of rotatable bonds is 9. The number of likely N-dealkylation sites (N-methyl/N-ethyl adjacent to an activating group) is 1. The zero-order chi connectivity index (χ0) is 24.0. The number of carbonyl (C=O) groups excluding carboxylic acids is 3. The Morgan fingerprint density at radius 1 is 1.25 bits per heavy atom. The van der Waals surface area contributed by atoms with Crippen LogP contribution in [0.25, 0.3) is 0 Å². The third-order valence-electron chi connectivity index (χ3n) is 4.52. The number of hydrogen-bond acceptors (Lipinski definition) is 8. The Bertz CT molecular complexity index is 937. The maximum Gasteiger partial charge on any atom is 0.326 e. The monoisotopic (exact) mass is 468 g/mol. The molecule has 0 unspecified atom stereocenters. The van der Waals surface area contributed by atoms with E-state index in [2.05, 4.69) is 0 Å². The molecule has 13 nitrogen and oxygen atoms in total. The van der Waals surface area contributed by atoms with Crippen molar-refractivity contribution in [3.05, 3.63) is 39.9 Å². The number of nitro groups is 1. The number of carboxylic acid groups (broad SMARTS) is 2. The first-order valence-electron chi connectivity index (χ1n) is 9.13. The molecule has 3 amide bonds. The molecule has 0 bridgehead atoms. The molecule has 0 spiro atoms. The average molecular weight is 468 g/mol. The zero-order valence-corrected chi connectivity index (χ0v) is 17.6. The van der Waals surface area contributed by atoms with Crippen molar-refractivity contribution < 1.29 is 39.1 Å². The third kappa shape index (κ3) is 6.16. The Labute approximate surface area is 185 Å². The lowest BCUT2D eigenvalue weighted by molar-refractivity contribution is -0.384. The normalized spacial score (nSPS) is 16.2. The van der Waals surface area contributed by atoms with Crippen molar-refractivity contribution in [2.75, 3.05) is 25.2 Å². The molecule has 0 radical (unpaired) electrons. The summed E-state index contributed by atoms with van der Waals surface area (Å²) in [6, 6.07) is 2.40. The minimum absolute atomic E-state index is 0.161. The molecule has 172 valence electrons. The van der Waals surface area contributed by atoms with Gasteiger partial charge in [-0.25, -0.2) is 4.79 Å². The summed E-state index contributed by atoms with van der Waals surface area (Å²) in [6.45, 7) is -0.539. The smallest absolute Gasteiger partial charge is 0.326 e. The second kappa shape index (κ2) is 10.6. The molecule has 0 aromatic heterocycles. The van der Waals surface area contributed by atoms with Gasteiger partial charge in [0.15, 0.2) is 0 Å². The first kappa shape index (κ1) is 24.6. The largest absolute Gasteiger partial charge is 0.481 e. The highest BCUT2D eigenvalue weighted by atomic mass is 32.2. The molecule has 1 heterocycles. The fraction of sp³-hybridized carbons (Fsp3) is 0.389. The van der Waals surface area contributed by atoms with Gasteiger partial charge in [0.05, 0.1) is 23.8 Å². The minimum atomic E-state index is -1.65. The Morgan fingerprint density at radius 3 is 2.41 bits per heavy atom. The Balaban J connectivity index is 2.03. The Morgan fingerprint density at radius 2 is 1.88 bits per heavy atom. The highest BCUT2D eigenvalue weighted by Gasteiger charge is 2.37. The number of hydrogen-bond donors (Lipinski definition) is 3. The van der Waals surface area contributed by atoms with Crippen molar-refractivity contribution in [2.45, 2.75) is 18.5 Å². The summed E-state index contributed by atoms with van der Waals surface area (Å²) >= 11 is 1.31. The van der Waals surface area contributed by atoms with Gasteiger partial charge in [0.25, 0.3) is 11.6 Å². The highest BCUT2D eigenvalue weighted by molar-refractivity contribution is 7.99. The molecule has 14 heteroatoms. The summed E-state index contributed by atoms with van der Waals surface area (Å²) in [5.74, 6) is -4.41. The van der Waals surface area contributed by atoms with Crippen molar-refractivity contribution in [1.82, 2.24) is 15.1 Å². The number of benzene rings is 1. The van der Waals surface area contributed by atoms with Crippen molar-refractivity contribution in [1.29, 1.82) is 0 Å². The number of carboxylic acids is 2. The molecule has 1 aliphatic heterocycles. The van der Waals surface area contributed by atoms with E-state index >= 15 is 0 Å². The van der Waals surface area contributed by atoms with Gasteiger partial charge < -0.3 is 25.3 Å². The van der Waals surface area contributed by atoms with Gasteiger partial charge in [-0.05, 0) is 12.1 Å². The predicted molar refractivity (Wildman–Crippen MR) is 110 cm³/mol. The molecule has 3 N–H and O–H groups in total. The lowest BCUT2D eigenvalue weighted by Gasteiger charge is -2.27. The van der Waals surface area contributed by atoms with E-state index in [1.165, 1.54) is 48.0 Å². The van der Waals surface area contributed by atoms with Gasteiger partial charge in [-0.3, -0.25) is 29.3 Å². The van der Waals surface area contributed by atoms with E-state index in [-0.39, 0.29) is 22.9 Å². The number of thioether (sulfide) groups is 1. The fourth-order valence-electron chi connectivity index (χ4n) is 2.90. The average Bonchev–Trinajstić information content (AvgIpc) is 3.21. The van der Waals surface area contributed by atoms with Crippen molar-refractivity contribution >= 4 is 47.1 Å². The second-order valence-corrected chi connectivity index (χ2v) is 7.84. The summed E-state index contributed by atoms with van der Waals surface area (Å²) in [5.41, 5.74) is -0.0208. The minimum Gasteiger partial charge on any atom is -0.481 e. The maximum absolute atomic E-state index is 12.8. The molecule has 0 aliphatic carbocycles. The quantitative estimate of drug-likeness (QED) is 0.318. The first-order chi connectivity index (χ1) is 15.0. The van der Waals surface area contributed by atoms with E-state index in [1.54, 1.807) is 0 Å². The fourth-order valence-corrected chi connectivity index (χ4v) is 4.05. The Kier molecular flexibility index (Phi) is 8.12. The van der Waals surface area contributed by atoms with E-state index in [4.69, 9.17) is 10.2 Å². The third-order valence-corrected chi connectivity index (χ3v) is 5.53. The topological polar surface area (TPSA) is 187 Å². The number of carbonyl (C=O) groups is 5. The van der Waals surface area contributed by atoms with Gasteiger partial charge >= 0.3 is 11.9 Å². The van der Waals surface area contributed by atoms with Crippen LogP contribution in [0.1, 0.15) is 16.8 Å². The van der Waals surface area contributed by atoms with Crippen molar-refractivity contribution in [3.8, 4) is 0 Å². The summed E-state index contributed by atoms with van der Waals surface area (Å²) < 4.78 is 0. The highest BCUT2D eigenvalue weighted by Crippen LogP contribution is 2.25. The molecule has 0 saturated carbocycles. The van der Waals surface area contributed by atoms with Gasteiger partial charge in [0.2, 0.25) is 11.8 Å². The number of nitrogens with zero attached hydrogens (tertiary/aromatic N) is 3. The van der Waals surface area contributed by atoms with Crippen molar-refractivity contribution in [3.63, 3.8) is 0 Å². The number of aliphatic carboxylic acids is 2. The van der Waals surface area contributed by atoms with Crippen LogP contribution in [0.4, 0.5) is 5.69 Å². The van der Waals surface area contributed by atoms with Gasteiger partial charge in [-0.2, -0.15) is 0 Å². The summed E-state index contributed by atoms with van der Waals surface area (Å²) in [5, 5.41) is 30.5. The molecule has 1 saturated heterocycles. The van der Waals surface area contributed by atoms with Crippen LogP contribution in [-0.4, -0.2) is 91.9 Å². The van der Waals surface area contributed by atoms with Crippen LogP contribution in [0.3, 0.4) is 0 Å². The van der Waals surface area contributed by atoms with E-state index in [9.17, 15) is 34.1 Å². The van der Waals surface area contributed by atoms with Gasteiger partial charge in [0.1, 0.15) is 12.1 Å². The van der Waals surface area contributed by atoms with E-state index < -0.39 is 59.6 Å². The number of amides is 3. The van der Waals surface area contributed by atoms with Crippen LogP contribution in [0, 0.1) is 10.1 Å². The predicted octanol–water partition coefficient (Wildman–Crippen LogP) is -0.388. The van der Waals surface area contributed by atoms with Gasteiger partial charge in [-0.1, -0.05) is 0 Å². The van der Waals surface area contributed by atoms with Crippen LogP contribution in [0.2, 0.25) is 0 Å². The first-order valence-corrected chi connectivity index (χ1v) is 10.3. The molecule has 1 aromatic carbocycles. The van der Waals surface area contributed by atoms with E-state index in [0.717, 1.165) is 4.90 Å². The van der Waals surface area contributed by atoms with Crippen LogP contribution in [0.15, 0.2) is 24.3 Å². The van der Waals surface area contributed by atoms with Crippen LogP contribution < -0.4 is 5.32 Å². The molecule has 1 aliphatic rings. The standard InChI is InChI=1S/C18H20N4O9S/c1-20(7-14(23)19-12(18(28)29)6-15(24)25)17(27)13-8-32-9-21(13)16(26)10-2-4-11(5-3-10)22(30)31/h2-5,12-13H,6-9H2,1H3,(H,19,23)(H,24,25)(H,28,29)/t12-,13-/m0/s1. The number of non-ortho nitro benzene ring substituents is 1. The number of nitrogens with one attached hydrogen (secondary N) is 1. The van der Waals surface area contributed by atoms with Crippen molar-refractivity contribution in [2.24, 2.45) is 0 Å². The lowest BCUT2D eigenvalue weighted by Crippen LogP contribution is -2.51. The summed E-state index contributed by atoms with van der Waals surface area (Å²) in [4.78, 5) is 71.9. The molecule has 2 rings (SSSR count). The maximum atomic E-state index is 12.8. The number of nitro benzene ring substituents is 1. The molecular formula is C18H20N4O9S. The zero-order valence-electron chi connectivity index (χ0n) is 16.8. The van der Waals surface area contributed by atoms with Gasteiger partial charge in [-0.15, -0.1) is 11.8 Å². The molecule has 2 atom stereocenters. The molecular weight excluding hydrogens is 448 g/mol. The van der Waals surface area contributed by atoms with Crippen LogP contribution >= 0.6 is 11.8 Å². The second-order valence-electron chi connectivity index (χ2n) is 6.85. The molecule has 1 fully saturated rings. The van der Waals surface area contributed by atoms with E-state index in [1.807, 2.05) is 5.32 Å².